The van der Waals surface area contributed by atoms with Gasteiger partial charge in [-0.15, -0.1) is 0 Å². The van der Waals surface area contributed by atoms with E-state index in [2.05, 4.69) is 42.6 Å². The molecule has 0 bridgehead atoms. The number of likely N-dealkylation sites (N-methyl/N-ethyl adjacent to an activating group) is 1. The van der Waals surface area contributed by atoms with Gasteiger partial charge in [0, 0.05) is 11.4 Å². The lowest BCUT2D eigenvalue weighted by Crippen LogP contribution is -2.18. The van der Waals surface area contributed by atoms with E-state index in [1.165, 1.54) is 10.5 Å². The number of rotatable bonds is 6. The summed E-state index contributed by atoms with van der Waals surface area (Å²) in [4.78, 5) is 3.49. The van der Waals surface area contributed by atoms with Crippen molar-refractivity contribution in [1.82, 2.24) is 4.90 Å². The first kappa shape index (κ1) is 13.6. The number of ether oxygens (including phenoxy) is 1. The maximum atomic E-state index is 9.11. The minimum Gasteiger partial charge on any atom is -0.392 e. The van der Waals surface area contributed by atoms with Gasteiger partial charge in [-0.1, -0.05) is 6.07 Å². The van der Waals surface area contributed by atoms with Gasteiger partial charge in [0.1, 0.15) is 0 Å². The van der Waals surface area contributed by atoms with Crippen molar-refractivity contribution in [3.05, 3.63) is 34.7 Å². The minimum absolute atomic E-state index is 0.110. The Balaban J connectivity index is 1.89. The van der Waals surface area contributed by atoms with Gasteiger partial charge in [0.15, 0.2) is 0 Å². The average molecular weight is 267 g/mol. The maximum Gasteiger partial charge on any atom is 0.0816 e. The molecule has 0 radical (unpaired) electrons. The van der Waals surface area contributed by atoms with Gasteiger partial charge < -0.3 is 14.7 Å². The highest BCUT2D eigenvalue weighted by Gasteiger charge is 2.14. The van der Waals surface area contributed by atoms with Crippen molar-refractivity contribution >= 4 is 17.0 Å². The zero-order chi connectivity index (χ0) is 13.0. The highest BCUT2D eigenvalue weighted by molar-refractivity contribution is 8.19. The predicted octanol–water partition coefficient (Wildman–Crippen LogP) is 2.06. The molecule has 1 atom stereocenters. The maximum absolute atomic E-state index is 9.11. The summed E-state index contributed by atoms with van der Waals surface area (Å²) in [5.74, 6) is 0.797. The lowest BCUT2D eigenvalue weighted by Gasteiger charge is -2.17. The Hall–Kier alpha value is -0.810. The van der Waals surface area contributed by atoms with Crippen LogP contribution in [-0.2, 0) is 11.3 Å². The molecule has 1 unspecified atom stereocenters. The number of thiol groups is 1. The molecule has 0 spiro atoms. The lowest BCUT2D eigenvalue weighted by molar-refractivity contribution is 0.158. The van der Waals surface area contributed by atoms with E-state index in [1.54, 1.807) is 0 Å². The number of aliphatic hydroxyl groups excluding tert-OH is 1. The molecule has 1 N–H and O–H groups in total. The Bertz CT molecular complexity index is 432. The molecule has 100 valence electrons. The van der Waals surface area contributed by atoms with E-state index >= 15 is 0 Å². The van der Waals surface area contributed by atoms with Gasteiger partial charge in [-0.25, -0.2) is 0 Å². The number of nitrogens with zero attached hydrogens (tertiary/aromatic N) is 1. The van der Waals surface area contributed by atoms with Gasteiger partial charge >= 0.3 is 0 Å². The molecule has 1 aromatic rings. The van der Waals surface area contributed by atoms with Crippen LogP contribution >= 0.6 is 10.9 Å². The fourth-order valence-corrected chi connectivity index (χ4v) is 3.66. The van der Waals surface area contributed by atoms with Crippen LogP contribution in [0.1, 0.15) is 11.1 Å². The smallest absolute Gasteiger partial charge is 0.0816 e. The number of hydrogen-bond acceptors (Lipinski definition) is 3. The highest BCUT2D eigenvalue weighted by Crippen LogP contribution is 2.46. The summed E-state index contributed by atoms with van der Waals surface area (Å²) >= 11 is 0. The van der Waals surface area contributed by atoms with Gasteiger partial charge in [0.25, 0.3) is 0 Å². The van der Waals surface area contributed by atoms with Gasteiger partial charge in [-0.05, 0) is 48.8 Å². The summed E-state index contributed by atoms with van der Waals surface area (Å²) in [6, 6.07) is 6.19. The predicted molar refractivity (Wildman–Crippen MR) is 78.0 cm³/mol. The Morgan fingerprint density at radius 1 is 1.33 bits per heavy atom. The molecule has 1 aliphatic heterocycles. The monoisotopic (exact) mass is 267 g/mol. The number of benzene rings is 1. The highest BCUT2D eigenvalue weighted by atomic mass is 32.2. The first-order valence-corrected chi connectivity index (χ1v) is 7.71. The molecule has 0 amide bonds. The summed E-state index contributed by atoms with van der Waals surface area (Å²) in [5, 5.41) is 11.4. The van der Waals surface area contributed by atoms with Gasteiger partial charge in [-0.2, -0.15) is 10.9 Å². The van der Waals surface area contributed by atoms with Crippen molar-refractivity contribution in [2.45, 2.75) is 11.5 Å². The number of aliphatic hydroxyl groups is 1. The third-order valence-corrected chi connectivity index (χ3v) is 4.93. The molecule has 4 heteroatoms. The Morgan fingerprint density at radius 2 is 2.17 bits per heavy atom. The average Bonchev–Trinajstić information content (AvgIpc) is 2.76. The minimum atomic E-state index is -0.312. The van der Waals surface area contributed by atoms with E-state index in [1.807, 2.05) is 6.07 Å². The molecule has 1 aliphatic rings. The van der Waals surface area contributed by atoms with Crippen molar-refractivity contribution in [3.8, 4) is 0 Å². The molecule has 3 nitrogen and oxygen atoms in total. The zero-order valence-electron chi connectivity index (χ0n) is 11.0. The van der Waals surface area contributed by atoms with E-state index < -0.39 is 0 Å². The van der Waals surface area contributed by atoms with Crippen LogP contribution in [0.5, 0.6) is 0 Å². The third-order valence-electron chi connectivity index (χ3n) is 2.93. The molecule has 0 saturated carbocycles. The summed E-state index contributed by atoms with van der Waals surface area (Å²) in [5.41, 5.74) is 2.22. The first-order valence-electron chi connectivity index (χ1n) is 6.12. The Labute approximate surface area is 111 Å². The quantitative estimate of drug-likeness (QED) is 0.611. The largest absolute Gasteiger partial charge is 0.392 e. The van der Waals surface area contributed by atoms with Crippen LogP contribution in [0, 0.1) is 0 Å². The van der Waals surface area contributed by atoms with E-state index in [4.69, 9.17) is 9.84 Å². The Morgan fingerprint density at radius 3 is 2.89 bits per heavy atom. The van der Waals surface area contributed by atoms with Crippen LogP contribution in [0.25, 0.3) is 6.08 Å². The standard InChI is InChI=1S/C14H21NO2S/c1-15(2)6-7-17-11-18-8-5-13-9-12(10-16)3-4-14(13)18/h3-5,8-9,16,18H,6-7,10-11H2,1-2H3. The van der Waals surface area contributed by atoms with Crippen molar-refractivity contribution in [1.29, 1.82) is 0 Å². The summed E-state index contributed by atoms with van der Waals surface area (Å²) < 4.78 is 5.73. The lowest BCUT2D eigenvalue weighted by atomic mass is 10.1. The fourth-order valence-electron chi connectivity index (χ4n) is 1.87. The van der Waals surface area contributed by atoms with Crippen LogP contribution in [0.2, 0.25) is 0 Å². The summed E-state index contributed by atoms with van der Waals surface area (Å²) in [6.07, 6.45) is 2.15. The number of fused-ring (bicyclic) bond motifs is 1. The summed E-state index contributed by atoms with van der Waals surface area (Å²) in [6.45, 7) is 1.85. The number of hydrogen-bond donors (Lipinski definition) is 2. The zero-order valence-corrected chi connectivity index (χ0v) is 11.9. The second kappa shape index (κ2) is 6.38. The first-order chi connectivity index (χ1) is 8.70. The Kier molecular flexibility index (Phi) is 4.83. The fraction of sp³-hybridized carbons (Fsp3) is 0.429. The van der Waals surface area contributed by atoms with Gasteiger partial charge in [0.2, 0.25) is 0 Å². The molecule has 18 heavy (non-hydrogen) atoms. The molecule has 2 rings (SSSR count). The normalized spacial score (nSPS) is 19.4. The van der Waals surface area contributed by atoms with Crippen molar-refractivity contribution < 1.29 is 9.84 Å². The molecule has 0 fully saturated rings. The topological polar surface area (TPSA) is 32.7 Å². The van der Waals surface area contributed by atoms with Crippen LogP contribution in [0.3, 0.4) is 0 Å². The molecule has 0 aliphatic carbocycles. The van der Waals surface area contributed by atoms with Crippen molar-refractivity contribution in [2.75, 3.05) is 33.2 Å². The molecular weight excluding hydrogens is 246 g/mol. The van der Waals surface area contributed by atoms with Crippen molar-refractivity contribution in [2.24, 2.45) is 0 Å². The SMILES string of the molecule is CN(C)CCOC[SH]1C=Cc2cc(CO)ccc21. The van der Waals surface area contributed by atoms with Crippen molar-refractivity contribution in [3.63, 3.8) is 0 Å². The van der Waals surface area contributed by atoms with Gasteiger partial charge in [0.05, 0.1) is 19.2 Å². The van der Waals surface area contributed by atoms with Crippen LogP contribution < -0.4 is 0 Å². The van der Waals surface area contributed by atoms with E-state index in [-0.39, 0.29) is 17.5 Å². The van der Waals surface area contributed by atoms with E-state index in [0.29, 0.717) is 0 Å². The molecule has 0 saturated heterocycles. The molecule has 0 aromatic heterocycles. The second-order valence-corrected chi connectivity index (χ2v) is 6.66. The van der Waals surface area contributed by atoms with E-state index in [9.17, 15) is 0 Å². The van der Waals surface area contributed by atoms with E-state index in [0.717, 1.165) is 24.7 Å². The van der Waals surface area contributed by atoms with Crippen LogP contribution in [-0.4, -0.2) is 43.2 Å². The van der Waals surface area contributed by atoms with Crippen LogP contribution in [0.15, 0.2) is 28.5 Å². The molecular formula is C14H21NO2S. The van der Waals surface area contributed by atoms with Crippen LogP contribution in [0.4, 0.5) is 0 Å². The third kappa shape index (κ3) is 3.36. The molecule has 1 aromatic carbocycles. The van der Waals surface area contributed by atoms with Gasteiger partial charge in [-0.3, -0.25) is 0 Å². The molecule has 1 heterocycles. The summed E-state index contributed by atoms with van der Waals surface area (Å²) in [7, 11) is 3.79. The second-order valence-electron chi connectivity index (χ2n) is 4.68.